The average molecular weight is 682 g/mol. The van der Waals surface area contributed by atoms with Crippen molar-refractivity contribution in [3.05, 3.63) is 64.4 Å². The van der Waals surface area contributed by atoms with Gasteiger partial charge in [-0.05, 0) is 47.2 Å². The van der Waals surface area contributed by atoms with Crippen LogP contribution < -0.4 is 0 Å². The summed E-state index contributed by atoms with van der Waals surface area (Å²) < 4.78 is 22.1. The van der Waals surface area contributed by atoms with Crippen LogP contribution in [-0.2, 0) is 14.2 Å². The first-order chi connectivity index (χ1) is 14.7. The number of ether oxygens (including phenoxy) is 3. The Kier molecular flexibility index (Phi) is 7.74. The molecule has 7 heteroatoms. The van der Waals surface area contributed by atoms with Gasteiger partial charge in [0.15, 0.2) is 0 Å². The third kappa shape index (κ3) is 5.50. The summed E-state index contributed by atoms with van der Waals surface area (Å²) in [6.45, 7) is 9.91. The lowest BCUT2D eigenvalue weighted by Crippen LogP contribution is -2.09. The van der Waals surface area contributed by atoms with Crippen molar-refractivity contribution in [3.63, 3.8) is 0 Å². The molecule has 0 amide bonds. The second-order valence-electron chi connectivity index (χ2n) is 8.83. The van der Waals surface area contributed by atoms with Crippen molar-refractivity contribution < 1.29 is 14.2 Å². The van der Waals surface area contributed by atoms with Gasteiger partial charge in [0.2, 0.25) is 0 Å². The van der Waals surface area contributed by atoms with Crippen LogP contribution in [0.25, 0.3) is 0 Å². The summed E-state index contributed by atoms with van der Waals surface area (Å²) in [5.74, 6) is 0.961. The first kappa shape index (κ1) is 24.4. The average Bonchev–Trinajstić information content (AvgIpc) is 3.59. The van der Waals surface area contributed by atoms with Crippen molar-refractivity contribution >= 4 is 63.7 Å². The van der Waals surface area contributed by atoms with Gasteiger partial charge in [0.05, 0.1) is 13.2 Å². The minimum atomic E-state index is 0.0627. The monoisotopic (exact) mass is 678 g/mol. The van der Waals surface area contributed by atoms with E-state index in [0.717, 1.165) is 29.0 Å². The largest absolute Gasteiger partial charge is 0.376 e. The topological polar surface area (TPSA) is 34.3 Å². The molecule has 2 saturated heterocycles. The predicted octanol–water partition coefficient (Wildman–Crippen LogP) is 8.58. The smallest absolute Gasteiger partial charge is 0.114 e. The Bertz CT molecular complexity index is 852. The normalized spacial score (nSPS) is 24.8. The van der Waals surface area contributed by atoms with E-state index in [1.807, 2.05) is 0 Å². The predicted molar refractivity (Wildman–Crippen MR) is 138 cm³/mol. The summed E-state index contributed by atoms with van der Waals surface area (Å²) >= 11 is 14.9. The molecule has 0 radical (unpaired) electrons. The van der Waals surface area contributed by atoms with Crippen molar-refractivity contribution in [3.8, 4) is 0 Å². The van der Waals surface area contributed by atoms with Crippen molar-refractivity contribution in [1.29, 1.82) is 0 Å². The molecule has 0 aliphatic carbocycles. The zero-order valence-electron chi connectivity index (χ0n) is 17.9. The summed E-state index contributed by atoms with van der Waals surface area (Å²) in [5, 5.41) is 0. The van der Waals surface area contributed by atoms with E-state index in [9.17, 15) is 0 Å². The number of benzene rings is 2. The standard InChI is InChI=1S/C24H26Br4O3/c1-11(2)13-5-15(25)21(16(26)6-13)23-19(30-23)9-29-10-20-24(31-20)22-17(27)7-14(12(3)4)8-18(22)28/h5-8,11-12,19-20,23-24H,9-10H2,1-4H3. The van der Waals surface area contributed by atoms with Gasteiger partial charge in [0, 0.05) is 29.0 Å². The Balaban J connectivity index is 1.29. The minimum Gasteiger partial charge on any atom is -0.376 e. The zero-order valence-corrected chi connectivity index (χ0v) is 24.3. The van der Waals surface area contributed by atoms with E-state index in [-0.39, 0.29) is 24.4 Å². The van der Waals surface area contributed by atoms with Crippen LogP contribution in [0.3, 0.4) is 0 Å². The van der Waals surface area contributed by atoms with Gasteiger partial charge in [-0.15, -0.1) is 0 Å². The van der Waals surface area contributed by atoms with Crippen LogP contribution in [0.15, 0.2) is 42.2 Å². The van der Waals surface area contributed by atoms with E-state index in [0.29, 0.717) is 25.0 Å². The third-order valence-electron chi connectivity index (χ3n) is 5.83. The van der Waals surface area contributed by atoms with Gasteiger partial charge >= 0.3 is 0 Å². The maximum absolute atomic E-state index is 5.96. The molecule has 2 aliphatic heterocycles. The Morgan fingerprint density at radius 3 is 1.29 bits per heavy atom. The third-order valence-corrected chi connectivity index (χ3v) is 8.46. The molecule has 2 aliphatic rings. The summed E-state index contributed by atoms with van der Waals surface area (Å²) in [4.78, 5) is 0. The van der Waals surface area contributed by atoms with Crippen LogP contribution in [-0.4, -0.2) is 25.4 Å². The highest BCUT2D eigenvalue weighted by Crippen LogP contribution is 2.48. The molecule has 2 aromatic carbocycles. The zero-order chi connectivity index (χ0) is 22.4. The minimum absolute atomic E-state index is 0.0627. The number of hydrogen-bond donors (Lipinski definition) is 0. The maximum Gasteiger partial charge on any atom is 0.114 e. The second kappa shape index (κ2) is 9.85. The van der Waals surface area contributed by atoms with Crippen molar-refractivity contribution in [2.75, 3.05) is 13.2 Å². The van der Waals surface area contributed by atoms with Crippen LogP contribution in [0.4, 0.5) is 0 Å². The van der Waals surface area contributed by atoms with Crippen LogP contribution in [0, 0.1) is 0 Å². The molecule has 0 N–H and O–H groups in total. The lowest BCUT2D eigenvalue weighted by Gasteiger charge is -2.11. The molecule has 2 fully saturated rings. The molecule has 168 valence electrons. The van der Waals surface area contributed by atoms with Crippen molar-refractivity contribution in [2.24, 2.45) is 0 Å². The molecule has 0 saturated carbocycles. The summed E-state index contributed by atoms with van der Waals surface area (Å²) in [6, 6.07) is 8.75. The number of hydrogen-bond acceptors (Lipinski definition) is 3. The van der Waals surface area contributed by atoms with Gasteiger partial charge in [-0.2, -0.15) is 0 Å². The maximum atomic E-state index is 5.96. The first-order valence-electron chi connectivity index (χ1n) is 10.5. The molecule has 3 nitrogen and oxygen atoms in total. The van der Waals surface area contributed by atoms with Gasteiger partial charge in [-0.25, -0.2) is 0 Å². The number of halogens is 4. The Morgan fingerprint density at radius 2 is 1.00 bits per heavy atom. The van der Waals surface area contributed by atoms with Crippen molar-refractivity contribution in [1.82, 2.24) is 0 Å². The highest BCUT2D eigenvalue weighted by molar-refractivity contribution is 9.11. The van der Waals surface area contributed by atoms with E-state index in [4.69, 9.17) is 14.2 Å². The molecule has 0 spiro atoms. The van der Waals surface area contributed by atoms with Gasteiger partial charge < -0.3 is 14.2 Å². The molecule has 4 rings (SSSR count). The Hall–Kier alpha value is 0.240. The quantitative estimate of drug-likeness (QED) is 0.262. The molecule has 0 aromatic heterocycles. The van der Waals surface area contributed by atoms with Gasteiger partial charge in [-0.3, -0.25) is 0 Å². The van der Waals surface area contributed by atoms with E-state index >= 15 is 0 Å². The fraction of sp³-hybridized carbons (Fsp3) is 0.500. The van der Waals surface area contributed by atoms with Crippen LogP contribution in [0.2, 0.25) is 0 Å². The van der Waals surface area contributed by atoms with Crippen LogP contribution >= 0.6 is 63.7 Å². The summed E-state index contributed by atoms with van der Waals surface area (Å²) in [7, 11) is 0. The van der Waals surface area contributed by atoms with Gasteiger partial charge in [0.1, 0.15) is 24.4 Å². The summed E-state index contributed by atoms with van der Waals surface area (Å²) in [6.07, 6.45) is 0.289. The van der Waals surface area contributed by atoms with Gasteiger partial charge in [-0.1, -0.05) is 91.4 Å². The molecule has 31 heavy (non-hydrogen) atoms. The SMILES string of the molecule is CC(C)c1cc(Br)c(C2OC2COCC2OC2c2c(Br)cc(C(C)C)cc2Br)c(Br)c1. The highest BCUT2D eigenvalue weighted by atomic mass is 79.9. The summed E-state index contributed by atoms with van der Waals surface area (Å²) in [5.41, 5.74) is 4.92. The highest BCUT2D eigenvalue weighted by Gasteiger charge is 2.45. The molecular formula is C24H26Br4O3. The molecule has 0 bridgehead atoms. The van der Waals surface area contributed by atoms with Crippen molar-refractivity contribution in [2.45, 2.75) is 63.9 Å². The van der Waals surface area contributed by atoms with Crippen LogP contribution in [0.1, 0.15) is 74.0 Å². The van der Waals surface area contributed by atoms with E-state index in [1.165, 1.54) is 11.1 Å². The lowest BCUT2D eigenvalue weighted by molar-refractivity contribution is 0.102. The molecular weight excluding hydrogens is 656 g/mol. The lowest BCUT2D eigenvalue weighted by atomic mass is 10.00. The second-order valence-corrected chi connectivity index (χ2v) is 12.3. The Morgan fingerprint density at radius 1 is 0.677 bits per heavy atom. The molecule has 2 aromatic rings. The fourth-order valence-electron chi connectivity index (χ4n) is 3.77. The Labute approximate surface area is 218 Å². The first-order valence-corrected chi connectivity index (χ1v) is 13.7. The van der Waals surface area contributed by atoms with E-state index < -0.39 is 0 Å². The van der Waals surface area contributed by atoms with Crippen LogP contribution in [0.5, 0.6) is 0 Å². The molecule has 4 unspecified atom stereocenters. The van der Waals surface area contributed by atoms with Gasteiger partial charge in [0.25, 0.3) is 0 Å². The molecule has 4 atom stereocenters. The number of rotatable bonds is 8. The number of epoxide rings is 2. The van der Waals surface area contributed by atoms with E-state index in [1.54, 1.807) is 0 Å². The molecule has 2 heterocycles. The van der Waals surface area contributed by atoms with E-state index in [2.05, 4.69) is 116 Å². The fourth-order valence-corrected chi connectivity index (χ4v) is 7.11.